The highest BCUT2D eigenvalue weighted by Gasteiger charge is 2.23. The molecule has 4 rings (SSSR count). The second-order valence-corrected chi connectivity index (χ2v) is 8.10. The second-order valence-electron chi connectivity index (χ2n) is 8.10. The Bertz CT molecular complexity index is 960. The number of piperazine rings is 1. The maximum atomic E-state index is 11.4. The minimum atomic E-state index is -0.896. The molecule has 31 heavy (non-hydrogen) atoms. The first-order valence-corrected chi connectivity index (χ1v) is 10.9. The van der Waals surface area contributed by atoms with Gasteiger partial charge in [0, 0.05) is 43.9 Å². The average Bonchev–Trinajstić information content (AvgIpc) is 2.81. The summed E-state index contributed by atoms with van der Waals surface area (Å²) in [5.41, 5.74) is 3.80. The lowest BCUT2D eigenvalue weighted by Crippen LogP contribution is -2.47. The summed E-state index contributed by atoms with van der Waals surface area (Å²) in [6.07, 6.45) is 2.67. The van der Waals surface area contributed by atoms with Crippen LogP contribution >= 0.6 is 0 Å². The number of hydrogen-bond acceptors (Lipinski definition) is 4. The topological polar surface area (TPSA) is 56.7 Å². The summed E-state index contributed by atoms with van der Waals surface area (Å²) in [5.74, 6) is 0.287. The van der Waals surface area contributed by atoms with Crippen molar-refractivity contribution in [1.29, 1.82) is 0 Å². The molecule has 0 amide bonds. The number of anilines is 1. The molecule has 2 heterocycles. The molecule has 0 atom stereocenters. The molecule has 0 bridgehead atoms. The number of pyridine rings is 1. The van der Waals surface area contributed by atoms with Gasteiger partial charge < -0.3 is 10.0 Å². The number of aromatic nitrogens is 1. The van der Waals surface area contributed by atoms with Crippen molar-refractivity contribution in [2.75, 3.05) is 37.6 Å². The van der Waals surface area contributed by atoms with Crippen LogP contribution in [0.1, 0.15) is 39.4 Å². The van der Waals surface area contributed by atoms with Crippen molar-refractivity contribution in [1.82, 2.24) is 9.88 Å². The highest BCUT2D eigenvalue weighted by molar-refractivity contribution is 5.90. The molecule has 0 aliphatic carbocycles. The Morgan fingerprint density at radius 3 is 2.06 bits per heavy atom. The normalized spacial score (nSPS) is 14.7. The molecule has 2 aromatic carbocycles. The summed E-state index contributed by atoms with van der Waals surface area (Å²) < 4.78 is 0. The largest absolute Gasteiger partial charge is 0.478 e. The third kappa shape index (κ3) is 4.94. The van der Waals surface area contributed by atoms with Crippen LogP contribution in [0, 0.1) is 6.92 Å². The molecule has 0 radical (unpaired) electrons. The molecule has 1 saturated heterocycles. The number of carboxylic acid groups (broad SMARTS) is 1. The van der Waals surface area contributed by atoms with E-state index in [1.807, 2.05) is 6.92 Å². The molecular weight excluding hydrogens is 386 g/mol. The van der Waals surface area contributed by atoms with Crippen LogP contribution in [0.25, 0.3) is 0 Å². The van der Waals surface area contributed by atoms with Gasteiger partial charge in [0.15, 0.2) is 0 Å². The van der Waals surface area contributed by atoms with E-state index in [1.165, 1.54) is 11.1 Å². The Kier molecular flexibility index (Phi) is 6.63. The minimum absolute atomic E-state index is 0.334. The fourth-order valence-corrected chi connectivity index (χ4v) is 4.47. The van der Waals surface area contributed by atoms with Gasteiger partial charge in [-0.25, -0.2) is 9.78 Å². The average molecular weight is 416 g/mol. The molecule has 1 aliphatic rings. The SMILES string of the molecule is Cc1c(C(=O)O)ccnc1N1CCN(CCC(c2ccccc2)c2ccccc2)CC1. The third-order valence-corrected chi connectivity index (χ3v) is 6.22. The number of carbonyl (C=O) groups is 1. The lowest BCUT2D eigenvalue weighted by molar-refractivity contribution is 0.0696. The summed E-state index contributed by atoms with van der Waals surface area (Å²) >= 11 is 0. The summed E-state index contributed by atoms with van der Waals surface area (Å²) in [6.45, 7) is 6.51. The monoisotopic (exact) mass is 415 g/mol. The molecule has 1 fully saturated rings. The van der Waals surface area contributed by atoms with Crippen molar-refractivity contribution in [3.8, 4) is 0 Å². The summed E-state index contributed by atoms with van der Waals surface area (Å²) in [5, 5.41) is 9.39. The smallest absolute Gasteiger partial charge is 0.336 e. The van der Waals surface area contributed by atoms with Crippen LogP contribution in [0.3, 0.4) is 0 Å². The molecule has 160 valence electrons. The van der Waals surface area contributed by atoms with E-state index in [0.29, 0.717) is 11.5 Å². The number of benzene rings is 2. The fourth-order valence-electron chi connectivity index (χ4n) is 4.47. The zero-order chi connectivity index (χ0) is 21.6. The Morgan fingerprint density at radius 2 is 1.52 bits per heavy atom. The van der Waals surface area contributed by atoms with E-state index in [1.54, 1.807) is 12.3 Å². The van der Waals surface area contributed by atoms with Crippen LogP contribution < -0.4 is 4.90 Å². The third-order valence-electron chi connectivity index (χ3n) is 6.22. The maximum Gasteiger partial charge on any atom is 0.336 e. The summed E-state index contributed by atoms with van der Waals surface area (Å²) in [7, 11) is 0. The van der Waals surface area contributed by atoms with Crippen LogP contribution in [0.15, 0.2) is 72.9 Å². The molecule has 0 unspecified atom stereocenters. The van der Waals surface area contributed by atoms with Crippen LogP contribution in [-0.4, -0.2) is 53.7 Å². The van der Waals surface area contributed by atoms with Gasteiger partial charge in [-0.05, 0) is 37.1 Å². The van der Waals surface area contributed by atoms with Gasteiger partial charge in [-0.3, -0.25) is 4.90 Å². The van der Waals surface area contributed by atoms with Gasteiger partial charge in [0.1, 0.15) is 5.82 Å². The molecule has 0 spiro atoms. The molecular formula is C26H29N3O2. The van der Waals surface area contributed by atoms with Crippen molar-refractivity contribution in [3.63, 3.8) is 0 Å². The van der Waals surface area contributed by atoms with Crippen molar-refractivity contribution in [2.24, 2.45) is 0 Å². The first kappa shape index (κ1) is 21.1. The van der Waals surface area contributed by atoms with Crippen LogP contribution in [-0.2, 0) is 0 Å². The highest BCUT2D eigenvalue weighted by Crippen LogP contribution is 2.28. The van der Waals surface area contributed by atoms with Crippen molar-refractivity contribution in [3.05, 3.63) is 95.2 Å². The van der Waals surface area contributed by atoms with Gasteiger partial charge in [0.25, 0.3) is 0 Å². The lowest BCUT2D eigenvalue weighted by Gasteiger charge is -2.36. The number of carboxylic acids is 1. The van der Waals surface area contributed by atoms with Gasteiger partial charge in [0.2, 0.25) is 0 Å². The predicted octanol–water partition coefficient (Wildman–Crippen LogP) is 4.43. The van der Waals surface area contributed by atoms with Crippen LogP contribution in [0.4, 0.5) is 5.82 Å². The quantitative estimate of drug-likeness (QED) is 0.619. The zero-order valence-corrected chi connectivity index (χ0v) is 17.9. The van der Waals surface area contributed by atoms with Crippen molar-refractivity contribution >= 4 is 11.8 Å². The first-order valence-electron chi connectivity index (χ1n) is 10.9. The Balaban J connectivity index is 1.39. The lowest BCUT2D eigenvalue weighted by atomic mass is 9.88. The van der Waals surface area contributed by atoms with Gasteiger partial charge in [0.05, 0.1) is 5.56 Å². The van der Waals surface area contributed by atoms with E-state index < -0.39 is 5.97 Å². The first-order chi connectivity index (χ1) is 15.1. The van der Waals surface area contributed by atoms with Crippen molar-refractivity contribution in [2.45, 2.75) is 19.3 Å². The number of rotatable bonds is 7. The Labute approximate surface area is 184 Å². The zero-order valence-electron chi connectivity index (χ0n) is 17.9. The van der Waals surface area contributed by atoms with Crippen LogP contribution in [0.2, 0.25) is 0 Å². The molecule has 3 aromatic rings. The fraction of sp³-hybridized carbons (Fsp3) is 0.308. The Morgan fingerprint density at radius 1 is 0.935 bits per heavy atom. The van der Waals surface area contributed by atoms with Crippen molar-refractivity contribution < 1.29 is 9.90 Å². The molecule has 1 N–H and O–H groups in total. The van der Waals surface area contributed by atoms with E-state index in [-0.39, 0.29) is 0 Å². The standard InChI is InChI=1S/C26H29N3O2/c1-20-23(26(30)31)12-14-27-25(20)29-18-16-28(17-19-29)15-13-24(21-8-4-2-5-9-21)22-10-6-3-7-11-22/h2-12,14,24H,13,15-19H2,1H3,(H,30,31). The van der Waals surface area contributed by atoms with Gasteiger partial charge in [-0.1, -0.05) is 60.7 Å². The molecule has 5 nitrogen and oxygen atoms in total. The Hall–Kier alpha value is -3.18. The van der Waals surface area contributed by atoms with E-state index in [9.17, 15) is 9.90 Å². The van der Waals surface area contributed by atoms with E-state index in [2.05, 4.69) is 75.4 Å². The number of nitrogens with zero attached hydrogens (tertiary/aromatic N) is 3. The van der Waals surface area contributed by atoms with Gasteiger partial charge >= 0.3 is 5.97 Å². The van der Waals surface area contributed by atoms with Gasteiger partial charge in [-0.2, -0.15) is 0 Å². The molecule has 0 saturated carbocycles. The molecule has 5 heteroatoms. The summed E-state index contributed by atoms with van der Waals surface area (Å²) in [4.78, 5) is 20.6. The number of aromatic carboxylic acids is 1. The van der Waals surface area contributed by atoms with E-state index in [4.69, 9.17) is 0 Å². The summed E-state index contributed by atoms with van der Waals surface area (Å²) in [6, 6.07) is 23.1. The van der Waals surface area contributed by atoms with Gasteiger partial charge in [-0.15, -0.1) is 0 Å². The second kappa shape index (κ2) is 9.75. The van der Waals surface area contributed by atoms with E-state index in [0.717, 1.165) is 50.5 Å². The van der Waals surface area contributed by atoms with Crippen LogP contribution in [0.5, 0.6) is 0 Å². The predicted molar refractivity (Wildman–Crippen MR) is 124 cm³/mol. The minimum Gasteiger partial charge on any atom is -0.478 e. The number of hydrogen-bond donors (Lipinski definition) is 1. The van der Waals surface area contributed by atoms with E-state index >= 15 is 0 Å². The molecule has 1 aromatic heterocycles. The highest BCUT2D eigenvalue weighted by atomic mass is 16.4. The maximum absolute atomic E-state index is 11.4. The molecule has 1 aliphatic heterocycles.